The average Bonchev–Trinajstić information content (AvgIpc) is 2.97. The van der Waals surface area contributed by atoms with E-state index in [1.54, 1.807) is 12.2 Å². The molecule has 0 aliphatic carbocycles. The molecule has 0 aliphatic rings. The quantitative estimate of drug-likeness (QED) is 0.0203. The molecule has 0 aromatic carbocycles. The lowest BCUT2D eigenvalue weighted by Crippen LogP contribution is -2.29. The van der Waals surface area contributed by atoms with Crippen molar-refractivity contribution in [3.05, 3.63) is 48.6 Å². The van der Waals surface area contributed by atoms with Gasteiger partial charge in [-0.15, -0.1) is 0 Å². The standard InChI is InChI=1S/C35H59O9P/c1-4-5-19-25-32(36)26-21-16-11-9-7-6-8-10-12-18-23-28-35(38)44-33(30-43-45(39,40)41)29-42-34(37)27-22-17-14-13-15-20-24-31(2)3/h6-7,10-12,16,21,26,31,33H,4-5,8-9,13-15,17-20,22-25,27-30H2,1-3H3,(H2,39,40,41)/b7-6-,12-10-,16-11-,26-21+/t33-/m1/s1. The molecule has 0 amide bonds. The van der Waals surface area contributed by atoms with E-state index in [0.717, 1.165) is 57.3 Å². The third kappa shape index (κ3) is 32.9. The molecular formula is C35H59O9P. The molecule has 0 spiro atoms. The molecule has 9 nitrogen and oxygen atoms in total. The number of carbonyl (C=O) groups excluding carboxylic acids is 3. The molecule has 0 saturated heterocycles. The molecule has 258 valence electrons. The van der Waals surface area contributed by atoms with Gasteiger partial charge in [0.1, 0.15) is 6.61 Å². The minimum atomic E-state index is -4.77. The lowest BCUT2D eigenvalue weighted by molar-refractivity contribution is -0.161. The fourth-order valence-electron chi connectivity index (χ4n) is 4.21. The molecule has 0 aliphatic heterocycles. The zero-order valence-corrected chi connectivity index (χ0v) is 28.8. The van der Waals surface area contributed by atoms with Crippen LogP contribution in [0.1, 0.15) is 130 Å². The van der Waals surface area contributed by atoms with Gasteiger partial charge in [-0.25, -0.2) is 4.57 Å². The molecule has 0 rings (SSSR count). The van der Waals surface area contributed by atoms with Crippen LogP contribution in [0.5, 0.6) is 0 Å². The Morgan fingerprint density at radius 1 is 0.711 bits per heavy atom. The van der Waals surface area contributed by atoms with Crippen molar-refractivity contribution in [3.8, 4) is 0 Å². The van der Waals surface area contributed by atoms with E-state index in [9.17, 15) is 18.9 Å². The van der Waals surface area contributed by atoms with E-state index in [2.05, 4.69) is 25.3 Å². The van der Waals surface area contributed by atoms with Crippen molar-refractivity contribution in [1.29, 1.82) is 0 Å². The van der Waals surface area contributed by atoms with Crippen molar-refractivity contribution in [2.24, 2.45) is 5.92 Å². The Hall–Kier alpha value is -2.32. The predicted molar refractivity (Wildman–Crippen MR) is 179 cm³/mol. The second-order valence-electron chi connectivity index (χ2n) is 11.7. The van der Waals surface area contributed by atoms with Crippen LogP contribution in [-0.2, 0) is 32.9 Å². The van der Waals surface area contributed by atoms with E-state index in [0.29, 0.717) is 25.7 Å². The summed E-state index contributed by atoms with van der Waals surface area (Å²) >= 11 is 0. The summed E-state index contributed by atoms with van der Waals surface area (Å²) in [5.74, 6) is -0.109. The van der Waals surface area contributed by atoms with Crippen LogP contribution < -0.4 is 0 Å². The molecule has 0 fully saturated rings. The van der Waals surface area contributed by atoms with Gasteiger partial charge in [0.05, 0.1) is 6.61 Å². The van der Waals surface area contributed by atoms with E-state index in [-0.39, 0.29) is 25.2 Å². The first-order valence-corrected chi connectivity index (χ1v) is 18.3. The molecule has 2 N–H and O–H groups in total. The average molecular weight is 655 g/mol. The van der Waals surface area contributed by atoms with Crippen LogP contribution in [0.3, 0.4) is 0 Å². The summed E-state index contributed by atoms with van der Waals surface area (Å²) in [6.45, 7) is 5.66. The van der Waals surface area contributed by atoms with Gasteiger partial charge in [-0.05, 0) is 50.5 Å². The lowest BCUT2D eigenvalue weighted by Gasteiger charge is -2.18. The number of hydrogen-bond acceptors (Lipinski definition) is 7. The zero-order chi connectivity index (χ0) is 33.6. The monoisotopic (exact) mass is 654 g/mol. The fraction of sp³-hybridized carbons (Fsp3) is 0.686. The largest absolute Gasteiger partial charge is 0.469 e. The van der Waals surface area contributed by atoms with Gasteiger partial charge in [0.2, 0.25) is 0 Å². The molecule has 0 bridgehead atoms. The molecule has 0 aromatic rings. The minimum Gasteiger partial charge on any atom is -0.462 e. The SMILES string of the molecule is CCCCCC(=O)/C=C/C=C\C/C=C\C/C=C\CCCC(=O)O[C@H](COC(=O)CCCCCCCCC(C)C)COP(=O)(O)O. The molecule has 0 aromatic heterocycles. The van der Waals surface area contributed by atoms with Gasteiger partial charge >= 0.3 is 19.8 Å². The molecule has 45 heavy (non-hydrogen) atoms. The second-order valence-corrected chi connectivity index (χ2v) is 12.9. The van der Waals surface area contributed by atoms with Gasteiger partial charge < -0.3 is 19.3 Å². The summed E-state index contributed by atoms with van der Waals surface area (Å²) in [6.07, 6.45) is 28.5. The first kappa shape index (κ1) is 42.7. The molecule has 0 heterocycles. The number of phosphoric ester groups is 1. The van der Waals surface area contributed by atoms with Crippen molar-refractivity contribution >= 4 is 25.5 Å². The first-order valence-electron chi connectivity index (χ1n) is 16.7. The van der Waals surface area contributed by atoms with Crippen molar-refractivity contribution in [2.75, 3.05) is 13.2 Å². The van der Waals surface area contributed by atoms with E-state index in [1.807, 2.05) is 36.5 Å². The fourth-order valence-corrected chi connectivity index (χ4v) is 4.57. The Morgan fingerprint density at radius 2 is 1.33 bits per heavy atom. The van der Waals surface area contributed by atoms with Gasteiger partial charge in [0, 0.05) is 19.3 Å². The maximum atomic E-state index is 12.3. The van der Waals surface area contributed by atoms with Gasteiger partial charge in [0.15, 0.2) is 11.9 Å². The summed E-state index contributed by atoms with van der Waals surface area (Å²) in [4.78, 5) is 54.1. The summed E-state index contributed by atoms with van der Waals surface area (Å²) in [5.41, 5.74) is 0. The second kappa shape index (κ2) is 29.1. The normalized spacial score (nSPS) is 13.1. The van der Waals surface area contributed by atoms with Crippen LogP contribution in [-0.4, -0.2) is 46.8 Å². The maximum Gasteiger partial charge on any atom is 0.469 e. The number of hydrogen-bond donors (Lipinski definition) is 2. The van der Waals surface area contributed by atoms with Gasteiger partial charge in [0.25, 0.3) is 0 Å². The number of allylic oxidation sites excluding steroid dienone is 8. The van der Waals surface area contributed by atoms with Crippen molar-refractivity contribution in [3.63, 3.8) is 0 Å². The van der Waals surface area contributed by atoms with E-state index in [4.69, 9.17) is 19.3 Å². The molecule has 1 atom stereocenters. The number of carbonyl (C=O) groups is 3. The van der Waals surface area contributed by atoms with Crippen LogP contribution in [0.2, 0.25) is 0 Å². The van der Waals surface area contributed by atoms with Gasteiger partial charge in [-0.2, -0.15) is 0 Å². The van der Waals surface area contributed by atoms with Crippen LogP contribution in [0.4, 0.5) is 0 Å². The third-order valence-corrected chi connectivity index (χ3v) is 7.24. The molecule has 0 saturated carbocycles. The van der Waals surface area contributed by atoms with E-state index in [1.165, 1.54) is 19.3 Å². The number of esters is 2. The van der Waals surface area contributed by atoms with Crippen molar-refractivity contribution < 1.29 is 42.7 Å². The van der Waals surface area contributed by atoms with E-state index < -0.39 is 32.5 Å². The summed E-state index contributed by atoms with van der Waals surface area (Å²) in [7, 11) is -4.77. The van der Waals surface area contributed by atoms with Crippen LogP contribution in [0.15, 0.2) is 48.6 Å². The lowest BCUT2D eigenvalue weighted by atomic mass is 10.0. The smallest absolute Gasteiger partial charge is 0.462 e. The summed E-state index contributed by atoms with van der Waals surface area (Å²) in [5, 5.41) is 0. The molecule has 10 heteroatoms. The van der Waals surface area contributed by atoms with Crippen LogP contribution in [0, 0.1) is 5.92 Å². The van der Waals surface area contributed by atoms with Crippen LogP contribution >= 0.6 is 7.82 Å². The number of unbranched alkanes of at least 4 members (excludes halogenated alkanes) is 8. The molecule has 0 radical (unpaired) electrons. The number of phosphoric acid groups is 1. The summed E-state index contributed by atoms with van der Waals surface area (Å²) in [6, 6.07) is 0. The van der Waals surface area contributed by atoms with E-state index >= 15 is 0 Å². The van der Waals surface area contributed by atoms with Gasteiger partial charge in [-0.1, -0.05) is 115 Å². The Labute approximate surface area is 271 Å². The Balaban J connectivity index is 4.20. The Kier molecular flexibility index (Phi) is 27.6. The third-order valence-electron chi connectivity index (χ3n) is 6.75. The highest BCUT2D eigenvalue weighted by molar-refractivity contribution is 7.46. The predicted octanol–water partition coefficient (Wildman–Crippen LogP) is 8.65. The van der Waals surface area contributed by atoms with Crippen molar-refractivity contribution in [1.82, 2.24) is 0 Å². The van der Waals surface area contributed by atoms with Gasteiger partial charge in [-0.3, -0.25) is 18.9 Å². The van der Waals surface area contributed by atoms with Crippen molar-refractivity contribution in [2.45, 2.75) is 136 Å². The number of ketones is 1. The molecule has 0 unspecified atom stereocenters. The van der Waals surface area contributed by atoms with Crippen LogP contribution in [0.25, 0.3) is 0 Å². The Bertz CT molecular complexity index is 947. The topological polar surface area (TPSA) is 136 Å². The highest BCUT2D eigenvalue weighted by Crippen LogP contribution is 2.35. The highest BCUT2D eigenvalue weighted by Gasteiger charge is 2.22. The summed E-state index contributed by atoms with van der Waals surface area (Å²) < 4.78 is 26.1. The maximum absolute atomic E-state index is 12.3. The molecular weight excluding hydrogens is 595 g/mol. The highest BCUT2D eigenvalue weighted by atomic mass is 31.2. The zero-order valence-electron chi connectivity index (χ0n) is 27.9. The first-order chi connectivity index (χ1) is 21.5. The number of ether oxygens (including phenoxy) is 2. The number of rotatable bonds is 29. The Morgan fingerprint density at radius 3 is 2.02 bits per heavy atom. The minimum absolute atomic E-state index is 0.108.